The van der Waals surface area contributed by atoms with E-state index in [1.54, 1.807) is 13.0 Å². The number of rotatable bonds is 0. The van der Waals surface area contributed by atoms with Crippen molar-refractivity contribution in [3.05, 3.63) is 58.1 Å². The van der Waals surface area contributed by atoms with Crippen LogP contribution in [-0.4, -0.2) is 39.3 Å². The molecule has 2 aromatic carbocycles. The number of amides is 1. The zero-order chi connectivity index (χ0) is 28.9. The molecule has 1 fully saturated rings. The number of hydrogen-bond acceptors (Lipinski definition) is 5. The largest absolute Gasteiger partial charge is 0.490 e. The molecule has 2 aliphatic heterocycles. The van der Waals surface area contributed by atoms with E-state index in [0.717, 1.165) is 68.1 Å². The maximum absolute atomic E-state index is 13.3. The molecule has 6 atom stereocenters. The molecule has 0 aromatic heterocycles. The maximum Gasteiger partial charge on any atom is 0.264 e. The number of sulfonamides is 1. The maximum atomic E-state index is 13.3. The van der Waals surface area contributed by atoms with Gasteiger partial charge in [0.2, 0.25) is 10.0 Å². The summed E-state index contributed by atoms with van der Waals surface area (Å²) in [6.45, 7) is 8.35. The average molecular weight is 599 g/mol. The van der Waals surface area contributed by atoms with Gasteiger partial charge in [-0.3, -0.25) is 4.79 Å². The predicted octanol–water partition coefficient (Wildman–Crippen LogP) is 6.74. The zero-order valence-corrected chi connectivity index (χ0v) is 26.1. The van der Waals surface area contributed by atoms with Crippen molar-refractivity contribution in [3.8, 4) is 5.75 Å². The molecule has 1 N–H and O–H groups in total. The fourth-order valence-corrected chi connectivity index (χ4v) is 9.41. The van der Waals surface area contributed by atoms with E-state index in [4.69, 9.17) is 16.3 Å². The summed E-state index contributed by atoms with van der Waals surface area (Å²) in [5, 5.41) is 0.121. The van der Waals surface area contributed by atoms with Crippen LogP contribution in [0.2, 0.25) is 5.02 Å². The second kappa shape index (κ2) is 11.1. The third-order valence-corrected chi connectivity index (χ3v) is 13.0. The lowest BCUT2D eigenvalue weighted by atomic mass is 9.65. The van der Waals surface area contributed by atoms with Gasteiger partial charge in [0.15, 0.2) is 0 Å². The number of fused-ring (bicyclic) bond motifs is 4. The number of aryl methyl sites for hydroxylation is 1. The van der Waals surface area contributed by atoms with E-state index in [-0.39, 0.29) is 11.3 Å². The highest BCUT2D eigenvalue weighted by molar-refractivity contribution is 7.90. The van der Waals surface area contributed by atoms with Crippen molar-refractivity contribution in [3.63, 3.8) is 0 Å². The SMILES string of the molecule is C[C@@H]1[C@@H](C)CCC[C@H](C)[C@@H]2CC[C@H]2CN2C[C@@]3(CCCc4cc(Cl)ccc43)COc3ccc(cc32)C(=O)NS1(=O)=O. The molecule has 0 radical (unpaired) electrons. The molecule has 222 valence electrons. The first kappa shape index (κ1) is 28.9. The monoisotopic (exact) mass is 598 g/mol. The van der Waals surface area contributed by atoms with Crippen molar-refractivity contribution < 1.29 is 17.9 Å². The number of nitrogens with one attached hydrogen (secondary N) is 1. The molecule has 2 aliphatic carbocycles. The first-order chi connectivity index (χ1) is 19.6. The Morgan fingerprint density at radius 1 is 1.00 bits per heavy atom. The first-order valence-corrected chi connectivity index (χ1v) is 17.4. The molecule has 4 aliphatic rings. The first-order valence-electron chi connectivity index (χ1n) is 15.4. The lowest BCUT2D eigenvalue weighted by molar-refractivity contribution is 0.0980. The second-order valence-electron chi connectivity index (χ2n) is 13.4. The molecule has 2 aromatic rings. The average Bonchev–Trinajstić information content (AvgIpc) is 3.06. The molecule has 41 heavy (non-hydrogen) atoms. The van der Waals surface area contributed by atoms with Crippen molar-refractivity contribution in [1.82, 2.24) is 4.72 Å². The lowest BCUT2D eigenvalue weighted by Gasteiger charge is -2.46. The van der Waals surface area contributed by atoms with Crippen molar-refractivity contribution in [2.45, 2.75) is 82.8 Å². The van der Waals surface area contributed by atoms with E-state index in [2.05, 4.69) is 28.7 Å². The molecule has 0 unspecified atom stereocenters. The van der Waals surface area contributed by atoms with Crippen LogP contribution in [0.4, 0.5) is 5.69 Å². The fourth-order valence-electron chi connectivity index (χ4n) is 7.91. The normalized spacial score (nSPS) is 33.4. The van der Waals surface area contributed by atoms with Gasteiger partial charge in [0, 0.05) is 29.1 Å². The molecular formula is C33H43ClN2O4S. The fraction of sp³-hybridized carbons (Fsp3) is 0.606. The predicted molar refractivity (Wildman–Crippen MR) is 164 cm³/mol. The summed E-state index contributed by atoms with van der Waals surface area (Å²) in [6, 6.07) is 11.7. The molecule has 1 spiro atoms. The summed E-state index contributed by atoms with van der Waals surface area (Å²) >= 11 is 6.41. The number of carbonyl (C=O) groups excluding carboxylic acids is 1. The van der Waals surface area contributed by atoms with Gasteiger partial charge in [-0.1, -0.05) is 44.4 Å². The number of hydrogen-bond donors (Lipinski definition) is 1. The van der Waals surface area contributed by atoms with E-state index in [9.17, 15) is 13.2 Å². The van der Waals surface area contributed by atoms with E-state index >= 15 is 0 Å². The third kappa shape index (κ3) is 5.49. The number of anilines is 1. The summed E-state index contributed by atoms with van der Waals surface area (Å²) < 4.78 is 35.4. The van der Waals surface area contributed by atoms with Gasteiger partial charge < -0.3 is 9.64 Å². The van der Waals surface area contributed by atoms with Crippen LogP contribution in [0.5, 0.6) is 5.75 Å². The van der Waals surface area contributed by atoms with E-state index in [1.807, 2.05) is 25.1 Å². The Hall–Kier alpha value is -2.25. The van der Waals surface area contributed by atoms with Gasteiger partial charge in [-0.25, -0.2) is 13.1 Å². The number of halogens is 1. The minimum Gasteiger partial charge on any atom is -0.490 e. The van der Waals surface area contributed by atoms with Crippen molar-refractivity contribution in [2.75, 3.05) is 24.6 Å². The molecule has 8 heteroatoms. The number of ether oxygens (including phenoxy) is 1. The Morgan fingerprint density at radius 3 is 2.59 bits per heavy atom. The summed E-state index contributed by atoms with van der Waals surface area (Å²) in [5.74, 6) is 1.99. The molecule has 1 amide bonds. The molecule has 6 nitrogen and oxygen atoms in total. The summed E-state index contributed by atoms with van der Waals surface area (Å²) in [7, 11) is -3.81. The van der Waals surface area contributed by atoms with E-state index < -0.39 is 21.2 Å². The van der Waals surface area contributed by atoms with Crippen LogP contribution >= 0.6 is 11.6 Å². The molecular weight excluding hydrogens is 556 g/mol. The Labute approximate surface area is 250 Å². The topological polar surface area (TPSA) is 75.7 Å². The number of carbonyl (C=O) groups is 1. The van der Waals surface area contributed by atoms with Gasteiger partial charge in [-0.05, 0) is 111 Å². The Kier molecular flexibility index (Phi) is 7.82. The quantitative estimate of drug-likeness (QED) is 0.363. The smallest absolute Gasteiger partial charge is 0.264 e. The minimum atomic E-state index is -3.81. The number of benzene rings is 2. The van der Waals surface area contributed by atoms with Crippen LogP contribution in [0, 0.1) is 23.7 Å². The van der Waals surface area contributed by atoms with E-state index in [1.165, 1.54) is 24.0 Å². The Balaban J connectivity index is 1.41. The minimum absolute atomic E-state index is 0.0297. The van der Waals surface area contributed by atoms with E-state index in [0.29, 0.717) is 29.9 Å². The van der Waals surface area contributed by atoms with Crippen LogP contribution in [0.25, 0.3) is 0 Å². The summed E-state index contributed by atoms with van der Waals surface area (Å²) in [4.78, 5) is 15.8. The van der Waals surface area contributed by atoms with Gasteiger partial charge in [0.05, 0.1) is 17.5 Å². The van der Waals surface area contributed by atoms with Gasteiger partial charge >= 0.3 is 0 Å². The molecule has 0 saturated heterocycles. The highest BCUT2D eigenvalue weighted by Crippen LogP contribution is 2.47. The van der Waals surface area contributed by atoms with Crippen molar-refractivity contribution in [1.29, 1.82) is 0 Å². The molecule has 6 rings (SSSR count). The Morgan fingerprint density at radius 2 is 1.80 bits per heavy atom. The lowest BCUT2D eigenvalue weighted by Crippen LogP contribution is -2.49. The Bertz CT molecular complexity index is 1430. The standard InChI is InChI=1S/C33H43ClN2O4S/c1-21-6-4-7-22(2)28-12-9-26(28)18-36-19-33(15-5-8-24-16-27(34)11-13-29(24)33)20-40-31-14-10-25(17-30(31)36)32(37)35-41(38,39)23(21)3/h10-11,13-14,16-17,21-23,26,28H,4-9,12,15,18-20H2,1-3H3,(H,35,37)/t21-,22-,23+,26-,28-,33-/m0/s1. The number of nitrogens with zero attached hydrogens (tertiary/aromatic N) is 1. The van der Waals surface area contributed by atoms with Crippen LogP contribution < -0.4 is 14.4 Å². The summed E-state index contributed by atoms with van der Waals surface area (Å²) in [6.07, 6.45) is 8.53. The highest BCUT2D eigenvalue weighted by Gasteiger charge is 2.44. The van der Waals surface area contributed by atoms with Gasteiger partial charge in [0.1, 0.15) is 5.75 Å². The highest BCUT2D eigenvalue weighted by atomic mass is 35.5. The van der Waals surface area contributed by atoms with Crippen molar-refractivity contribution in [2.24, 2.45) is 23.7 Å². The van der Waals surface area contributed by atoms with Crippen LogP contribution in [0.3, 0.4) is 0 Å². The molecule has 2 bridgehead atoms. The molecule has 2 heterocycles. The van der Waals surface area contributed by atoms with Gasteiger partial charge in [-0.15, -0.1) is 0 Å². The zero-order valence-electron chi connectivity index (χ0n) is 24.5. The third-order valence-electron chi connectivity index (χ3n) is 10.8. The summed E-state index contributed by atoms with van der Waals surface area (Å²) in [5.41, 5.74) is 3.67. The second-order valence-corrected chi connectivity index (χ2v) is 15.8. The van der Waals surface area contributed by atoms with Gasteiger partial charge in [-0.2, -0.15) is 0 Å². The van der Waals surface area contributed by atoms with Crippen LogP contribution in [0.15, 0.2) is 36.4 Å². The molecule has 1 saturated carbocycles. The van der Waals surface area contributed by atoms with Gasteiger partial charge in [0.25, 0.3) is 5.91 Å². The van der Waals surface area contributed by atoms with Crippen LogP contribution in [0.1, 0.15) is 87.2 Å². The van der Waals surface area contributed by atoms with Crippen molar-refractivity contribution >= 4 is 33.2 Å². The van der Waals surface area contributed by atoms with Crippen LogP contribution in [-0.2, 0) is 21.9 Å².